The Morgan fingerprint density at radius 2 is 2.04 bits per heavy atom. The maximum atomic E-state index is 11.9. The van der Waals surface area contributed by atoms with E-state index >= 15 is 0 Å². The van der Waals surface area contributed by atoms with Gasteiger partial charge in [-0.1, -0.05) is 66.8 Å². The van der Waals surface area contributed by atoms with Crippen molar-refractivity contribution >= 4 is 10.0 Å². The molecule has 1 aromatic carbocycles. The summed E-state index contributed by atoms with van der Waals surface area (Å²) in [7, 11) is -3.40. The van der Waals surface area contributed by atoms with Crippen LogP contribution in [0.2, 0.25) is 0 Å². The number of hydrogen-bond donors (Lipinski definition) is 1. The Balaban J connectivity index is 2.22. The maximum Gasteiger partial charge on any atom is 0.209 e. The van der Waals surface area contributed by atoms with Crippen molar-refractivity contribution in [3.05, 3.63) is 90.6 Å². The van der Waals surface area contributed by atoms with E-state index in [4.69, 9.17) is 0 Å². The second kappa shape index (κ2) is 9.31. The fraction of sp³-hybridized carbons (Fsp3) is 0.250. The molecular formula is C20H25N3O2S. The Kier molecular flexibility index (Phi) is 7.12. The van der Waals surface area contributed by atoms with Crippen molar-refractivity contribution in [3.63, 3.8) is 0 Å². The predicted molar refractivity (Wildman–Crippen MR) is 106 cm³/mol. The van der Waals surface area contributed by atoms with Crippen LogP contribution in [-0.4, -0.2) is 24.2 Å². The third-order valence-electron chi connectivity index (χ3n) is 3.78. The zero-order valence-corrected chi connectivity index (χ0v) is 16.0. The lowest BCUT2D eigenvalue weighted by Gasteiger charge is -2.19. The van der Waals surface area contributed by atoms with Gasteiger partial charge >= 0.3 is 0 Å². The minimum absolute atomic E-state index is 0.534. The van der Waals surface area contributed by atoms with Gasteiger partial charge in [-0.3, -0.25) is 0 Å². The molecule has 0 aliphatic heterocycles. The van der Waals surface area contributed by atoms with Crippen molar-refractivity contribution in [2.45, 2.75) is 25.9 Å². The fourth-order valence-corrected chi connectivity index (χ4v) is 3.22. The van der Waals surface area contributed by atoms with E-state index in [1.165, 1.54) is 0 Å². The van der Waals surface area contributed by atoms with Crippen molar-refractivity contribution in [2.24, 2.45) is 0 Å². The number of benzene rings is 1. The first-order valence-corrected chi connectivity index (χ1v) is 10.3. The first-order chi connectivity index (χ1) is 12.4. The summed E-state index contributed by atoms with van der Waals surface area (Å²) in [4.78, 5) is 4.41. The number of hydrogen-bond acceptors (Lipinski definition) is 3. The molecule has 1 atom stereocenters. The van der Waals surface area contributed by atoms with E-state index in [1.54, 1.807) is 6.20 Å². The third kappa shape index (κ3) is 6.13. The van der Waals surface area contributed by atoms with Crippen molar-refractivity contribution in [3.8, 4) is 0 Å². The fourth-order valence-electron chi connectivity index (χ4n) is 2.55. The number of aromatic nitrogens is 2. The lowest BCUT2D eigenvalue weighted by atomic mass is 10.1. The van der Waals surface area contributed by atoms with Crippen LogP contribution in [0.1, 0.15) is 30.8 Å². The van der Waals surface area contributed by atoms with Crippen LogP contribution in [0, 0.1) is 0 Å². The van der Waals surface area contributed by atoms with Crippen LogP contribution >= 0.6 is 0 Å². The Morgan fingerprint density at radius 1 is 1.31 bits per heavy atom. The van der Waals surface area contributed by atoms with Crippen molar-refractivity contribution in [1.29, 1.82) is 0 Å². The van der Waals surface area contributed by atoms with Gasteiger partial charge in [-0.05, 0) is 18.9 Å². The van der Waals surface area contributed by atoms with Crippen LogP contribution < -0.4 is 4.72 Å². The lowest BCUT2D eigenvalue weighted by molar-refractivity contribution is 0.558. The maximum absolute atomic E-state index is 11.9. The molecule has 5 nitrogen and oxygen atoms in total. The monoisotopic (exact) mass is 371 g/mol. The average molecular weight is 372 g/mol. The predicted octanol–water partition coefficient (Wildman–Crippen LogP) is 3.60. The third-order valence-corrected chi connectivity index (χ3v) is 4.44. The summed E-state index contributed by atoms with van der Waals surface area (Å²) < 4.78 is 28.4. The molecule has 1 heterocycles. The van der Waals surface area contributed by atoms with Crippen molar-refractivity contribution in [1.82, 2.24) is 14.3 Å². The van der Waals surface area contributed by atoms with Gasteiger partial charge in [0.05, 0.1) is 6.26 Å². The molecular weight excluding hydrogens is 346 g/mol. The first-order valence-electron chi connectivity index (χ1n) is 8.41. The molecule has 0 aliphatic rings. The molecule has 1 aromatic heterocycles. The van der Waals surface area contributed by atoms with Crippen LogP contribution in [0.15, 0.2) is 79.2 Å². The number of aryl methyl sites for hydroxylation is 1. The smallest absolute Gasteiger partial charge is 0.209 e. The molecule has 0 amide bonds. The Bertz CT molecular complexity index is 881. The first kappa shape index (κ1) is 19.9. The summed E-state index contributed by atoms with van der Waals surface area (Å²) in [5.74, 6) is 0.659. The van der Waals surface area contributed by atoms with E-state index in [0.29, 0.717) is 12.4 Å². The van der Waals surface area contributed by atoms with Crippen LogP contribution in [0.4, 0.5) is 0 Å². The molecule has 0 aliphatic carbocycles. The summed E-state index contributed by atoms with van der Waals surface area (Å²) in [5.41, 5.74) is 1.84. The summed E-state index contributed by atoms with van der Waals surface area (Å²) in [6, 6.07) is 8.91. The summed E-state index contributed by atoms with van der Waals surface area (Å²) in [6.07, 6.45) is 13.3. The van der Waals surface area contributed by atoms with Crippen LogP contribution in [0.25, 0.3) is 0 Å². The van der Waals surface area contributed by atoms with E-state index in [-0.39, 0.29) is 0 Å². The minimum Gasteiger partial charge on any atom is -0.333 e. The minimum atomic E-state index is -3.40. The number of rotatable bonds is 9. The van der Waals surface area contributed by atoms with E-state index in [2.05, 4.69) is 16.3 Å². The number of nitrogens with one attached hydrogen (secondary N) is 1. The molecule has 138 valence electrons. The second-order valence-electron chi connectivity index (χ2n) is 6.01. The SMILES string of the molecule is C=C(/C=C\C=C/C)CCn1ccnc1C(NS(C)(=O)=O)c1ccccc1. The lowest BCUT2D eigenvalue weighted by Crippen LogP contribution is -2.30. The number of sulfonamides is 1. The van der Waals surface area contributed by atoms with Gasteiger partial charge in [0.2, 0.25) is 10.0 Å². The topological polar surface area (TPSA) is 64.0 Å². The van der Waals surface area contributed by atoms with Crippen LogP contribution in [-0.2, 0) is 16.6 Å². The summed E-state index contributed by atoms with van der Waals surface area (Å²) >= 11 is 0. The molecule has 0 saturated carbocycles. The van der Waals surface area contributed by atoms with Gasteiger partial charge in [0.1, 0.15) is 11.9 Å². The van der Waals surface area contributed by atoms with Gasteiger partial charge in [0.25, 0.3) is 0 Å². The Morgan fingerprint density at radius 3 is 2.69 bits per heavy atom. The van der Waals surface area contributed by atoms with Crippen molar-refractivity contribution < 1.29 is 8.42 Å². The normalized spacial score (nSPS) is 13.5. The molecule has 1 N–H and O–H groups in total. The average Bonchev–Trinajstić information content (AvgIpc) is 3.06. The largest absolute Gasteiger partial charge is 0.333 e. The number of allylic oxidation sites excluding steroid dienone is 5. The molecule has 1 unspecified atom stereocenters. The van der Waals surface area contributed by atoms with Crippen LogP contribution in [0.5, 0.6) is 0 Å². The van der Waals surface area contributed by atoms with Gasteiger partial charge in [-0.15, -0.1) is 0 Å². The standard InChI is InChI=1S/C20H25N3O2S/c1-4-5-7-10-17(2)13-15-23-16-14-21-20(23)19(22-26(3,24)25)18-11-8-6-9-12-18/h4-12,14,16,19,22H,2,13,15H2,1,3H3/b5-4-,10-7-. The molecule has 0 saturated heterocycles. The molecule has 0 fully saturated rings. The summed E-state index contributed by atoms with van der Waals surface area (Å²) in [6.45, 7) is 6.68. The molecule has 0 spiro atoms. The Labute approximate surface area is 155 Å². The highest BCUT2D eigenvalue weighted by atomic mass is 32.2. The van der Waals surface area contributed by atoms with Gasteiger partial charge < -0.3 is 4.57 Å². The van der Waals surface area contributed by atoms with Gasteiger partial charge in [-0.2, -0.15) is 0 Å². The van der Waals surface area contributed by atoms with Gasteiger partial charge in [0.15, 0.2) is 0 Å². The molecule has 2 rings (SSSR count). The zero-order valence-electron chi connectivity index (χ0n) is 15.2. The highest BCUT2D eigenvalue weighted by molar-refractivity contribution is 7.88. The highest BCUT2D eigenvalue weighted by Gasteiger charge is 2.22. The molecule has 26 heavy (non-hydrogen) atoms. The molecule has 2 aromatic rings. The quantitative estimate of drug-likeness (QED) is 0.685. The molecule has 0 bridgehead atoms. The second-order valence-corrected chi connectivity index (χ2v) is 7.79. The number of imidazole rings is 1. The van der Waals surface area contributed by atoms with Crippen molar-refractivity contribution in [2.75, 3.05) is 6.26 Å². The number of nitrogens with zero attached hydrogens (tertiary/aromatic N) is 2. The molecule has 6 heteroatoms. The van der Waals surface area contributed by atoms with E-state index in [9.17, 15) is 8.42 Å². The van der Waals surface area contributed by atoms with Gasteiger partial charge in [0, 0.05) is 18.9 Å². The van der Waals surface area contributed by atoms with Crippen LogP contribution in [0.3, 0.4) is 0 Å². The van der Waals surface area contributed by atoms with E-state index in [0.717, 1.165) is 23.8 Å². The Hall–Kier alpha value is -2.44. The molecule has 0 radical (unpaired) electrons. The van der Waals surface area contributed by atoms with Gasteiger partial charge in [-0.25, -0.2) is 18.1 Å². The zero-order chi connectivity index (χ0) is 19.0. The summed E-state index contributed by atoms with van der Waals surface area (Å²) in [5, 5.41) is 0. The van der Waals surface area contributed by atoms with E-state index in [1.807, 2.05) is 72.3 Å². The highest BCUT2D eigenvalue weighted by Crippen LogP contribution is 2.22. The van der Waals surface area contributed by atoms with E-state index < -0.39 is 16.1 Å².